The minimum Gasteiger partial charge on any atom is -0.486 e. The molecule has 20 heavy (non-hydrogen) atoms. The summed E-state index contributed by atoms with van der Waals surface area (Å²) in [5, 5.41) is 3.43. The lowest BCUT2D eigenvalue weighted by Crippen LogP contribution is -2.41. The van der Waals surface area contributed by atoms with Crippen molar-refractivity contribution in [2.24, 2.45) is 0 Å². The second-order valence-electron chi connectivity index (χ2n) is 5.90. The Bertz CT molecular complexity index is 615. The van der Waals surface area contributed by atoms with Crippen molar-refractivity contribution in [1.82, 2.24) is 5.32 Å². The predicted molar refractivity (Wildman–Crippen MR) is 81.0 cm³/mol. The molecule has 1 spiro atoms. The van der Waals surface area contributed by atoms with Crippen molar-refractivity contribution in [2.75, 3.05) is 13.1 Å². The molecule has 2 aliphatic heterocycles. The molecule has 0 aromatic heterocycles. The Morgan fingerprint density at radius 1 is 0.950 bits per heavy atom. The third-order valence-electron chi connectivity index (χ3n) is 4.55. The molecule has 1 atom stereocenters. The molecular formula is C18H19NO. The van der Waals surface area contributed by atoms with Crippen LogP contribution in [0.5, 0.6) is 5.75 Å². The molecule has 2 heteroatoms. The van der Waals surface area contributed by atoms with Gasteiger partial charge in [0.05, 0.1) is 0 Å². The van der Waals surface area contributed by atoms with Gasteiger partial charge in [-0.1, -0.05) is 36.4 Å². The number of aryl methyl sites for hydroxylation is 1. The van der Waals surface area contributed by atoms with Crippen molar-refractivity contribution in [3.05, 3.63) is 54.1 Å². The second kappa shape index (κ2) is 4.64. The van der Waals surface area contributed by atoms with E-state index in [-0.39, 0.29) is 5.60 Å². The first-order valence-corrected chi connectivity index (χ1v) is 7.43. The van der Waals surface area contributed by atoms with Crippen LogP contribution in [0.4, 0.5) is 0 Å². The van der Waals surface area contributed by atoms with Gasteiger partial charge in [0.1, 0.15) is 11.4 Å². The summed E-state index contributed by atoms with van der Waals surface area (Å²) in [4.78, 5) is 0. The maximum Gasteiger partial charge on any atom is 0.123 e. The van der Waals surface area contributed by atoms with E-state index in [0.29, 0.717) is 0 Å². The maximum atomic E-state index is 6.31. The molecule has 1 N–H and O–H groups in total. The monoisotopic (exact) mass is 265 g/mol. The Hall–Kier alpha value is -1.80. The van der Waals surface area contributed by atoms with E-state index in [2.05, 4.69) is 53.8 Å². The Balaban J connectivity index is 1.67. The third-order valence-corrected chi connectivity index (χ3v) is 4.55. The Morgan fingerprint density at radius 2 is 1.85 bits per heavy atom. The lowest BCUT2D eigenvalue weighted by molar-refractivity contribution is 0.0665. The molecule has 0 radical (unpaired) electrons. The van der Waals surface area contributed by atoms with Gasteiger partial charge < -0.3 is 10.1 Å². The number of ether oxygens (including phenoxy) is 1. The van der Waals surface area contributed by atoms with Gasteiger partial charge in [0.25, 0.3) is 0 Å². The van der Waals surface area contributed by atoms with Gasteiger partial charge in [-0.2, -0.15) is 0 Å². The fourth-order valence-corrected chi connectivity index (χ4v) is 3.35. The van der Waals surface area contributed by atoms with E-state index >= 15 is 0 Å². The Kier molecular flexibility index (Phi) is 2.78. The van der Waals surface area contributed by atoms with Gasteiger partial charge in [0.15, 0.2) is 0 Å². The largest absolute Gasteiger partial charge is 0.486 e. The Labute approximate surface area is 119 Å². The fourth-order valence-electron chi connectivity index (χ4n) is 3.35. The van der Waals surface area contributed by atoms with E-state index in [1.807, 2.05) is 0 Å². The van der Waals surface area contributed by atoms with E-state index in [0.717, 1.165) is 38.1 Å². The summed E-state index contributed by atoms with van der Waals surface area (Å²) < 4.78 is 6.31. The van der Waals surface area contributed by atoms with Gasteiger partial charge in [0.2, 0.25) is 0 Å². The van der Waals surface area contributed by atoms with Crippen LogP contribution >= 0.6 is 0 Å². The van der Waals surface area contributed by atoms with E-state index < -0.39 is 0 Å². The minimum absolute atomic E-state index is 0.0568. The van der Waals surface area contributed by atoms with E-state index in [1.165, 1.54) is 16.7 Å². The quantitative estimate of drug-likeness (QED) is 0.853. The average Bonchev–Trinajstić information content (AvgIpc) is 2.96. The number of hydrogen-bond acceptors (Lipinski definition) is 2. The number of benzene rings is 2. The van der Waals surface area contributed by atoms with Crippen molar-refractivity contribution < 1.29 is 4.74 Å². The van der Waals surface area contributed by atoms with Gasteiger partial charge in [-0.15, -0.1) is 0 Å². The standard InChI is InChI=1S/C18H19NO/c1-2-4-14(5-3-1)15-6-7-17-16(12-15)8-9-18(20-17)10-11-19-13-18/h1-7,12,19H,8-11,13H2. The first-order valence-electron chi connectivity index (χ1n) is 7.43. The van der Waals surface area contributed by atoms with Crippen LogP contribution in [-0.2, 0) is 6.42 Å². The molecule has 0 saturated carbocycles. The first kappa shape index (κ1) is 12.0. The zero-order chi connectivity index (χ0) is 13.4. The van der Waals surface area contributed by atoms with Gasteiger partial charge in [0, 0.05) is 13.0 Å². The summed E-state index contributed by atoms with van der Waals surface area (Å²) in [6.45, 7) is 2.07. The van der Waals surface area contributed by atoms with Crippen LogP contribution in [0, 0.1) is 0 Å². The van der Waals surface area contributed by atoms with Crippen LogP contribution in [0.25, 0.3) is 11.1 Å². The molecule has 1 saturated heterocycles. The summed E-state index contributed by atoms with van der Waals surface area (Å²) in [6.07, 6.45) is 3.38. The minimum atomic E-state index is 0.0568. The van der Waals surface area contributed by atoms with Crippen molar-refractivity contribution in [3.8, 4) is 16.9 Å². The molecule has 1 fully saturated rings. The number of hydrogen-bond donors (Lipinski definition) is 1. The number of rotatable bonds is 1. The second-order valence-corrected chi connectivity index (χ2v) is 5.90. The molecule has 2 heterocycles. The molecule has 1 unspecified atom stereocenters. The van der Waals surface area contributed by atoms with Gasteiger partial charge in [-0.3, -0.25) is 0 Å². The summed E-state index contributed by atoms with van der Waals surface area (Å²) in [7, 11) is 0. The molecule has 0 bridgehead atoms. The van der Waals surface area contributed by atoms with Crippen molar-refractivity contribution in [1.29, 1.82) is 0 Å². The molecule has 0 amide bonds. The van der Waals surface area contributed by atoms with Crippen LogP contribution < -0.4 is 10.1 Å². The van der Waals surface area contributed by atoms with E-state index in [4.69, 9.17) is 4.74 Å². The topological polar surface area (TPSA) is 21.3 Å². The summed E-state index contributed by atoms with van der Waals surface area (Å²) >= 11 is 0. The highest BCUT2D eigenvalue weighted by Gasteiger charge is 2.38. The molecular weight excluding hydrogens is 246 g/mol. The van der Waals surface area contributed by atoms with Crippen LogP contribution in [0.2, 0.25) is 0 Å². The molecule has 0 aliphatic carbocycles. The summed E-state index contributed by atoms with van der Waals surface area (Å²) in [5.74, 6) is 1.08. The lowest BCUT2D eigenvalue weighted by atomic mass is 9.89. The van der Waals surface area contributed by atoms with Crippen molar-refractivity contribution in [2.45, 2.75) is 24.9 Å². The van der Waals surface area contributed by atoms with Crippen LogP contribution in [0.15, 0.2) is 48.5 Å². The van der Waals surface area contributed by atoms with Crippen molar-refractivity contribution in [3.63, 3.8) is 0 Å². The third kappa shape index (κ3) is 2.01. The van der Waals surface area contributed by atoms with Crippen LogP contribution in [0.1, 0.15) is 18.4 Å². The van der Waals surface area contributed by atoms with Crippen molar-refractivity contribution >= 4 is 0 Å². The SMILES string of the molecule is c1ccc(-c2ccc3c(c2)CCC2(CCNC2)O3)cc1. The summed E-state index contributed by atoms with van der Waals surface area (Å²) in [5.41, 5.74) is 3.97. The highest BCUT2D eigenvalue weighted by molar-refractivity contribution is 5.65. The predicted octanol–water partition coefficient (Wildman–Crippen LogP) is 3.41. The summed E-state index contributed by atoms with van der Waals surface area (Å²) in [6, 6.07) is 17.2. The Morgan fingerprint density at radius 3 is 2.65 bits per heavy atom. The zero-order valence-corrected chi connectivity index (χ0v) is 11.6. The zero-order valence-electron chi connectivity index (χ0n) is 11.6. The number of nitrogens with one attached hydrogen (secondary N) is 1. The van der Waals surface area contributed by atoms with Crippen LogP contribution in [0.3, 0.4) is 0 Å². The highest BCUT2D eigenvalue weighted by Crippen LogP contribution is 2.38. The molecule has 102 valence electrons. The lowest BCUT2D eigenvalue weighted by Gasteiger charge is -2.35. The van der Waals surface area contributed by atoms with Gasteiger partial charge in [-0.05, 0) is 48.2 Å². The van der Waals surface area contributed by atoms with E-state index in [1.54, 1.807) is 0 Å². The van der Waals surface area contributed by atoms with Crippen LogP contribution in [-0.4, -0.2) is 18.7 Å². The normalized spacial score (nSPS) is 24.4. The molecule has 2 nitrogen and oxygen atoms in total. The molecule has 4 rings (SSSR count). The molecule has 2 aromatic rings. The van der Waals surface area contributed by atoms with E-state index in [9.17, 15) is 0 Å². The van der Waals surface area contributed by atoms with Gasteiger partial charge in [-0.25, -0.2) is 0 Å². The first-order chi connectivity index (χ1) is 9.85. The fraction of sp³-hybridized carbons (Fsp3) is 0.333. The molecule has 2 aliphatic rings. The number of fused-ring (bicyclic) bond motifs is 1. The molecule has 2 aromatic carbocycles. The highest BCUT2D eigenvalue weighted by atomic mass is 16.5. The van der Waals surface area contributed by atoms with Gasteiger partial charge >= 0.3 is 0 Å². The average molecular weight is 265 g/mol. The smallest absolute Gasteiger partial charge is 0.123 e. The maximum absolute atomic E-state index is 6.31.